The van der Waals surface area contributed by atoms with E-state index in [0.29, 0.717) is 17.0 Å². The lowest BCUT2D eigenvalue weighted by molar-refractivity contribution is 0.101. The summed E-state index contributed by atoms with van der Waals surface area (Å²) in [5.74, 6) is 0.349. The topological polar surface area (TPSA) is 63.7 Å². The highest BCUT2D eigenvalue weighted by Crippen LogP contribution is 2.36. The average molecular weight is 373 g/mol. The third kappa shape index (κ3) is 3.33. The van der Waals surface area contributed by atoms with Gasteiger partial charge in [0.05, 0.1) is 17.1 Å². The average Bonchev–Trinajstić information content (AvgIpc) is 2.60. The number of ketones is 1. The summed E-state index contributed by atoms with van der Waals surface area (Å²) in [4.78, 5) is 11.9. The predicted octanol–water partition coefficient (Wildman–Crippen LogP) is 3.77. The third-order valence-electron chi connectivity index (χ3n) is 4.49. The van der Waals surface area contributed by atoms with Crippen LogP contribution >= 0.6 is 0 Å². The molecule has 26 heavy (non-hydrogen) atoms. The minimum atomic E-state index is -3.74. The minimum absolute atomic E-state index is 0.0513. The molecule has 0 atom stereocenters. The van der Waals surface area contributed by atoms with E-state index in [2.05, 4.69) is 20.8 Å². The van der Waals surface area contributed by atoms with Crippen LogP contribution in [-0.4, -0.2) is 27.4 Å². The second-order valence-corrected chi connectivity index (χ2v) is 9.30. The van der Waals surface area contributed by atoms with Crippen LogP contribution in [0.3, 0.4) is 0 Å². The van der Waals surface area contributed by atoms with Crippen LogP contribution in [0.5, 0.6) is 5.75 Å². The molecule has 2 aromatic carbocycles. The number of anilines is 1. The maximum atomic E-state index is 13.2. The maximum Gasteiger partial charge on any atom is 0.264 e. The van der Waals surface area contributed by atoms with Crippen LogP contribution in [0, 0.1) is 0 Å². The summed E-state index contributed by atoms with van der Waals surface area (Å²) in [6.07, 6.45) is 0. The van der Waals surface area contributed by atoms with E-state index in [9.17, 15) is 13.2 Å². The fourth-order valence-electron chi connectivity index (χ4n) is 2.92. The summed E-state index contributed by atoms with van der Waals surface area (Å²) in [5, 5.41) is 0. The van der Waals surface area contributed by atoms with Crippen molar-refractivity contribution in [2.75, 3.05) is 17.5 Å². The van der Waals surface area contributed by atoms with Crippen molar-refractivity contribution in [3.05, 3.63) is 53.6 Å². The van der Waals surface area contributed by atoms with Crippen LogP contribution in [0.2, 0.25) is 0 Å². The molecule has 0 spiro atoms. The molecule has 0 unspecified atom stereocenters. The first-order chi connectivity index (χ1) is 12.1. The van der Waals surface area contributed by atoms with E-state index < -0.39 is 10.0 Å². The fourth-order valence-corrected chi connectivity index (χ4v) is 4.37. The molecule has 0 aliphatic carbocycles. The van der Waals surface area contributed by atoms with E-state index in [0.717, 1.165) is 5.56 Å². The number of nitrogens with zero attached hydrogens (tertiary/aromatic N) is 1. The van der Waals surface area contributed by atoms with E-state index in [4.69, 9.17) is 4.74 Å². The monoisotopic (exact) mass is 373 g/mol. The van der Waals surface area contributed by atoms with Gasteiger partial charge in [-0.05, 0) is 48.2 Å². The molecule has 0 fully saturated rings. The molecule has 1 aliphatic heterocycles. The van der Waals surface area contributed by atoms with Gasteiger partial charge in [0.15, 0.2) is 5.78 Å². The Bertz CT molecular complexity index is 941. The second kappa shape index (κ2) is 6.43. The molecule has 1 aliphatic rings. The highest BCUT2D eigenvalue weighted by atomic mass is 32.2. The summed E-state index contributed by atoms with van der Waals surface area (Å²) >= 11 is 0. The highest BCUT2D eigenvalue weighted by molar-refractivity contribution is 7.92. The molecular weight excluding hydrogens is 350 g/mol. The number of rotatable bonds is 3. The smallest absolute Gasteiger partial charge is 0.264 e. The van der Waals surface area contributed by atoms with Crippen LogP contribution in [-0.2, 0) is 15.4 Å². The van der Waals surface area contributed by atoms with Crippen molar-refractivity contribution in [3.63, 3.8) is 0 Å². The number of hydrogen-bond donors (Lipinski definition) is 0. The molecule has 1 heterocycles. The molecule has 138 valence electrons. The number of fused-ring (bicyclic) bond motifs is 1. The molecule has 3 rings (SSSR count). The second-order valence-electron chi connectivity index (χ2n) is 7.44. The van der Waals surface area contributed by atoms with Crippen LogP contribution in [0.1, 0.15) is 43.6 Å². The van der Waals surface area contributed by atoms with E-state index >= 15 is 0 Å². The van der Waals surface area contributed by atoms with Gasteiger partial charge in [-0.1, -0.05) is 32.9 Å². The molecule has 0 aromatic heterocycles. The van der Waals surface area contributed by atoms with Crippen LogP contribution in [0.15, 0.2) is 47.4 Å². The first-order valence-corrected chi connectivity index (χ1v) is 9.96. The molecular formula is C20H23NO4S. The van der Waals surface area contributed by atoms with Crippen LogP contribution in [0.4, 0.5) is 5.69 Å². The van der Waals surface area contributed by atoms with Crippen molar-refractivity contribution in [2.45, 2.75) is 38.0 Å². The van der Waals surface area contributed by atoms with Crippen molar-refractivity contribution in [1.82, 2.24) is 0 Å². The third-order valence-corrected chi connectivity index (χ3v) is 6.32. The molecule has 0 N–H and O–H groups in total. The minimum Gasteiger partial charge on any atom is -0.489 e. The summed E-state index contributed by atoms with van der Waals surface area (Å²) in [6.45, 7) is 8.17. The molecule has 0 saturated carbocycles. The summed E-state index contributed by atoms with van der Waals surface area (Å²) in [7, 11) is -3.74. The fraction of sp³-hybridized carbons (Fsp3) is 0.350. The lowest BCUT2D eigenvalue weighted by Crippen LogP contribution is -2.38. The number of ether oxygens (including phenoxy) is 1. The Morgan fingerprint density at radius 2 is 1.73 bits per heavy atom. The van der Waals surface area contributed by atoms with Crippen molar-refractivity contribution in [2.24, 2.45) is 0 Å². The molecule has 0 bridgehead atoms. The zero-order valence-electron chi connectivity index (χ0n) is 15.4. The van der Waals surface area contributed by atoms with Gasteiger partial charge in [0.1, 0.15) is 12.4 Å². The molecule has 0 radical (unpaired) electrons. The maximum absolute atomic E-state index is 13.2. The molecule has 0 saturated heterocycles. The summed E-state index contributed by atoms with van der Waals surface area (Å²) in [5.41, 5.74) is 1.88. The van der Waals surface area contributed by atoms with Gasteiger partial charge < -0.3 is 4.74 Å². The molecule has 5 nitrogen and oxygen atoms in total. The Labute approximate surface area is 154 Å². The lowest BCUT2D eigenvalue weighted by Gasteiger charge is -2.31. The van der Waals surface area contributed by atoms with Gasteiger partial charge in [-0.2, -0.15) is 0 Å². The standard InChI is InChI=1S/C20H23NO4S/c1-14(22)15-5-10-19-18(13-15)21(11-12-25-19)26(23,24)17-8-6-16(7-9-17)20(2,3)4/h5-10,13H,11-12H2,1-4H3. The number of sulfonamides is 1. The van der Waals surface area contributed by atoms with Crippen molar-refractivity contribution in [1.29, 1.82) is 0 Å². The Morgan fingerprint density at radius 3 is 2.31 bits per heavy atom. The molecule has 6 heteroatoms. The normalized spacial score (nSPS) is 14.5. The Hall–Kier alpha value is -2.34. The summed E-state index contributed by atoms with van der Waals surface area (Å²) in [6, 6.07) is 11.9. The largest absolute Gasteiger partial charge is 0.489 e. The first kappa shape index (κ1) is 18.5. The number of carbonyl (C=O) groups excluding carboxylic acids is 1. The van der Waals surface area contributed by atoms with Gasteiger partial charge in [0.2, 0.25) is 0 Å². The first-order valence-electron chi connectivity index (χ1n) is 8.52. The molecule has 0 amide bonds. The Balaban J connectivity index is 2.04. The Kier molecular flexibility index (Phi) is 4.56. The van der Waals surface area contributed by atoms with E-state index in [1.165, 1.54) is 11.2 Å². The van der Waals surface area contributed by atoms with Crippen molar-refractivity contribution in [3.8, 4) is 5.75 Å². The number of Topliss-reactive ketones (excluding diaryl/α,β-unsaturated/α-hetero) is 1. The van der Waals surface area contributed by atoms with Crippen LogP contribution in [0.25, 0.3) is 0 Å². The lowest BCUT2D eigenvalue weighted by atomic mass is 9.87. The zero-order valence-corrected chi connectivity index (χ0v) is 16.3. The summed E-state index contributed by atoms with van der Waals surface area (Å²) < 4.78 is 33.2. The highest BCUT2D eigenvalue weighted by Gasteiger charge is 2.31. The molecule has 2 aromatic rings. The van der Waals surface area contributed by atoms with Crippen LogP contribution < -0.4 is 9.04 Å². The van der Waals surface area contributed by atoms with E-state index in [1.54, 1.807) is 30.3 Å². The van der Waals surface area contributed by atoms with Gasteiger partial charge >= 0.3 is 0 Å². The van der Waals surface area contributed by atoms with Crippen molar-refractivity contribution >= 4 is 21.5 Å². The zero-order chi connectivity index (χ0) is 19.1. The SMILES string of the molecule is CC(=O)c1ccc2c(c1)N(S(=O)(=O)c1ccc(C(C)(C)C)cc1)CCO2. The quantitative estimate of drug-likeness (QED) is 0.768. The van der Waals surface area contributed by atoms with Gasteiger partial charge in [0, 0.05) is 5.56 Å². The van der Waals surface area contributed by atoms with E-state index in [1.807, 2.05) is 12.1 Å². The van der Waals surface area contributed by atoms with Crippen molar-refractivity contribution < 1.29 is 17.9 Å². The van der Waals surface area contributed by atoms with Gasteiger partial charge in [0.25, 0.3) is 10.0 Å². The van der Waals surface area contributed by atoms with Gasteiger partial charge in [-0.15, -0.1) is 0 Å². The van der Waals surface area contributed by atoms with E-state index in [-0.39, 0.29) is 29.2 Å². The predicted molar refractivity (Wildman–Crippen MR) is 102 cm³/mol. The van der Waals surface area contributed by atoms with Gasteiger partial charge in [-0.3, -0.25) is 9.10 Å². The number of carbonyl (C=O) groups is 1. The number of benzene rings is 2. The van der Waals surface area contributed by atoms with Gasteiger partial charge in [-0.25, -0.2) is 8.42 Å². The number of hydrogen-bond acceptors (Lipinski definition) is 4. The Morgan fingerprint density at radius 1 is 1.08 bits per heavy atom.